The lowest BCUT2D eigenvalue weighted by atomic mass is 9.57. The lowest BCUT2D eigenvalue weighted by molar-refractivity contribution is -0.157. The predicted octanol–water partition coefficient (Wildman–Crippen LogP) is 4.25. The van der Waals surface area contributed by atoms with Crippen LogP contribution in [0.1, 0.15) is 72.6 Å². The van der Waals surface area contributed by atoms with Crippen LogP contribution in [0, 0.1) is 10.8 Å². The lowest BCUT2D eigenvalue weighted by Crippen LogP contribution is -2.48. The van der Waals surface area contributed by atoms with Crippen LogP contribution in [-0.4, -0.2) is 22.2 Å². The Labute approximate surface area is 127 Å². The molecule has 0 aliphatic heterocycles. The highest BCUT2D eigenvalue weighted by molar-refractivity contribution is 5.98. The third-order valence-electron chi connectivity index (χ3n) is 5.39. The van der Waals surface area contributed by atoms with Gasteiger partial charge in [0.25, 0.3) is 0 Å². The topological polar surface area (TPSA) is 74.6 Å². The van der Waals surface area contributed by atoms with Crippen molar-refractivity contribution in [1.29, 1.82) is 0 Å². The van der Waals surface area contributed by atoms with Gasteiger partial charge in [0.05, 0.1) is 5.57 Å². The number of aliphatic carboxylic acids is 2. The van der Waals surface area contributed by atoms with Crippen molar-refractivity contribution in [2.24, 2.45) is 10.8 Å². The van der Waals surface area contributed by atoms with E-state index < -0.39 is 22.8 Å². The molecule has 1 aliphatic rings. The van der Waals surface area contributed by atoms with Crippen molar-refractivity contribution in [3.8, 4) is 0 Å². The fourth-order valence-corrected chi connectivity index (χ4v) is 3.71. The Morgan fingerprint density at radius 3 is 1.86 bits per heavy atom. The second-order valence-electron chi connectivity index (χ2n) is 6.65. The van der Waals surface area contributed by atoms with Crippen LogP contribution in [-0.2, 0) is 9.59 Å². The molecule has 1 rings (SSSR count). The van der Waals surface area contributed by atoms with Crippen LogP contribution in [0.15, 0.2) is 11.1 Å². The van der Waals surface area contributed by atoms with E-state index in [1.807, 2.05) is 20.8 Å². The van der Waals surface area contributed by atoms with E-state index in [1.54, 1.807) is 6.92 Å². The molecule has 1 atom stereocenters. The summed E-state index contributed by atoms with van der Waals surface area (Å²) in [7, 11) is 0. The smallest absolute Gasteiger partial charge is 0.332 e. The standard InChI is InChI=1S/C17H28O4/c1-5-16(3,4)17(6-2,15(20)21)13(14(18)19)12-10-8-7-9-11-12/h5-11H2,1-4H3,(H,18,19)(H,20,21). The first-order valence-corrected chi connectivity index (χ1v) is 7.93. The summed E-state index contributed by atoms with van der Waals surface area (Å²) in [5.41, 5.74) is -0.921. The van der Waals surface area contributed by atoms with E-state index >= 15 is 0 Å². The Kier molecular flexibility index (Phi) is 5.60. The molecule has 4 heteroatoms. The van der Waals surface area contributed by atoms with Gasteiger partial charge in [0.15, 0.2) is 0 Å². The van der Waals surface area contributed by atoms with Gasteiger partial charge in [-0.3, -0.25) is 4.79 Å². The Morgan fingerprint density at radius 1 is 1.00 bits per heavy atom. The largest absolute Gasteiger partial charge is 0.481 e. The minimum Gasteiger partial charge on any atom is -0.481 e. The zero-order chi connectivity index (χ0) is 16.3. The molecule has 1 saturated carbocycles. The van der Waals surface area contributed by atoms with Gasteiger partial charge < -0.3 is 10.2 Å². The highest BCUT2D eigenvalue weighted by Crippen LogP contribution is 2.52. The first-order valence-electron chi connectivity index (χ1n) is 7.93. The van der Waals surface area contributed by atoms with E-state index in [0.29, 0.717) is 12.8 Å². The summed E-state index contributed by atoms with van der Waals surface area (Å²) in [5, 5.41) is 19.7. The van der Waals surface area contributed by atoms with Crippen molar-refractivity contribution in [2.75, 3.05) is 0 Å². The van der Waals surface area contributed by atoms with Gasteiger partial charge in [0.2, 0.25) is 0 Å². The van der Waals surface area contributed by atoms with E-state index in [9.17, 15) is 19.8 Å². The van der Waals surface area contributed by atoms with Crippen LogP contribution in [0.25, 0.3) is 0 Å². The Morgan fingerprint density at radius 2 is 1.52 bits per heavy atom. The maximum absolute atomic E-state index is 12.1. The molecule has 1 unspecified atom stereocenters. The molecular weight excluding hydrogens is 268 g/mol. The van der Waals surface area contributed by atoms with Crippen LogP contribution in [0.5, 0.6) is 0 Å². The van der Waals surface area contributed by atoms with Crippen molar-refractivity contribution >= 4 is 11.9 Å². The highest BCUT2D eigenvalue weighted by Gasteiger charge is 2.54. The van der Waals surface area contributed by atoms with Gasteiger partial charge in [-0.1, -0.05) is 39.7 Å². The SMILES string of the molecule is CCC(C)(C)C(CC)(C(=O)O)C(C(=O)O)=C1CCCCC1. The number of hydrogen-bond donors (Lipinski definition) is 2. The maximum atomic E-state index is 12.1. The molecule has 4 nitrogen and oxygen atoms in total. The van der Waals surface area contributed by atoms with Gasteiger partial charge >= 0.3 is 11.9 Å². The molecule has 0 heterocycles. The van der Waals surface area contributed by atoms with Gasteiger partial charge in [-0.15, -0.1) is 0 Å². The lowest BCUT2D eigenvalue weighted by Gasteiger charge is -2.44. The van der Waals surface area contributed by atoms with E-state index in [1.165, 1.54) is 0 Å². The summed E-state index contributed by atoms with van der Waals surface area (Å²) in [6, 6.07) is 0. The molecule has 0 spiro atoms. The van der Waals surface area contributed by atoms with Gasteiger partial charge in [-0.25, -0.2) is 4.79 Å². The third kappa shape index (κ3) is 2.99. The van der Waals surface area contributed by atoms with Crippen LogP contribution in [0.3, 0.4) is 0 Å². The molecule has 1 aliphatic carbocycles. The Bertz CT molecular complexity index is 440. The van der Waals surface area contributed by atoms with Crippen molar-refractivity contribution in [3.63, 3.8) is 0 Å². The number of allylic oxidation sites excluding steroid dienone is 1. The van der Waals surface area contributed by atoms with Crippen molar-refractivity contribution in [3.05, 3.63) is 11.1 Å². The molecule has 0 aromatic rings. The van der Waals surface area contributed by atoms with Crippen molar-refractivity contribution in [1.82, 2.24) is 0 Å². The summed E-state index contributed by atoms with van der Waals surface area (Å²) in [4.78, 5) is 24.1. The summed E-state index contributed by atoms with van der Waals surface area (Å²) >= 11 is 0. The van der Waals surface area contributed by atoms with Crippen LogP contribution in [0.2, 0.25) is 0 Å². The summed E-state index contributed by atoms with van der Waals surface area (Å²) in [6.07, 6.45) is 5.37. The van der Waals surface area contributed by atoms with Gasteiger partial charge in [0, 0.05) is 0 Å². The number of carboxylic acids is 2. The fraction of sp³-hybridized carbons (Fsp3) is 0.765. The quantitative estimate of drug-likeness (QED) is 0.719. The molecule has 21 heavy (non-hydrogen) atoms. The molecule has 2 N–H and O–H groups in total. The molecule has 0 saturated heterocycles. The number of rotatable bonds is 6. The van der Waals surface area contributed by atoms with Gasteiger partial charge in [-0.2, -0.15) is 0 Å². The van der Waals surface area contributed by atoms with Gasteiger partial charge in [0.1, 0.15) is 5.41 Å². The van der Waals surface area contributed by atoms with E-state index in [4.69, 9.17) is 0 Å². The number of hydrogen-bond acceptors (Lipinski definition) is 2. The molecule has 1 fully saturated rings. The normalized spacial score (nSPS) is 19.0. The van der Waals surface area contributed by atoms with Crippen LogP contribution >= 0.6 is 0 Å². The first kappa shape index (κ1) is 17.7. The Balaban J connectivity index is 3.60. The molecule has 0 bridgehead atoms. The average molecular weight is 296 g/mol. The molecule has 0 aromatic heterocycles. The second-order valence-corrected chi connectivity index (χ2v) is 6.65. The van der Waals surface area contributed by atoms with E-state index in [-0.39, 0.29) is 5.57 Å². The average Bonchev–Trinajstić information content (AvgIpc) is 2.44. The molecule has 0 aromatic carbocycles. The van der Waals surface area contributed by atoms with Crippen molar-refractivity contribution in [2.45, 2.75) is 72.6 Å². The summed E-state index contributed by atoms with van der Waals surface area (Å²) < 4.78 is 0. The summed E-state index contributed by atoms with van der Waals surface area (Å²) in [6.45, 7) is 7.46. The number of carboxylic acid groups (broad SMARTS) is 2. The maximum Gasteiger partial charge on any atom is 0.332 e. The first-order chi connectivity index (χ1) is 9.74. The molecule has 120 valence electrons. The van der Waals surface area contributed by atoms with Crippen molar-refractivity contribution < 1.29 is 19.8 Å². The van der Waals surface area contributed by atoms with E-state index in [0.717, 1.165) is 37.7 Å². The van der Waals surface area contributed by atoms with Gasteiger partial charge in [-0.05, 0) is 43.9 Å². The van der Waals surface area contributed by atoms with E-state index in [2.05, 4.69) is 0 Å². The predicted molar refractivity (Wildman–Crippen MR) is 82.2 cm³/mol. The fourth-order valence-electron chi connectivity index (χ4n) is 3.71. The summed E-state index contributed by atoms with van der Waals surface area (Å²) in [5.74, 6) is -2.06. The zero-order valence-electron chi connectivity index (χ0n) is 13.7. The Hall–Kier alpha value is -1.32. The third-order valence-corrected chi connectivity index (χ3v) is 5.39. The molecular formula is C17H28O4. The minimum atomic E-state index is -1.32. The highest BCUT2D eigenvalue weighted by atomic mass is 16.4. The zero-order valence-corrected chi connectivity index (χ0v) is 13.7. The number of carbonyl (C=O) groups is 2. The minimum absolute atomic E-state index is 0.157. The van der Waals surface area contributed by atoms with Crippen LogP contribution in [0.4, 0.5) is 0 Å². The molecule has 0 amide bonds. The van der Waals surface area contributed by atoms with Crippen LogP contribution < -0.4 is 0 Å². The molecule has 0 radical (unpaired) electrons. The second kappa shape index (κ2) is 6.63. The monoisotopic (exact) mass is 296 g/mol.